The monoisotopic (exact) mass is 392 g/mol. The van der Waals surface area contributed by atoms with Gasteiger partial charge in [-0.1, -0.05) is 77.8 Å². The van der Waals surface area contributed by atoms with E-state index in [9.17, 15) is 4.79 Å². The molecule has 0 aliphatic heterocycles. The van der Waals surface area contributed by atoms with Gasteiger partial charge in [-0.25, -0.2) is 4.98 Å². The molecule has 132 valence electrons. The number of fused-ring (bicyclic) bond motifs is 1. The Hall–Kier alpha value is -2.88. The summed E-state index contributed by atoms with van der Waals surface area (Å²) in [6.45, 7) is 0. The molecule has 0 aliphatic carbocycles. The van der Waals surface area contributed by atoms with Crippen molar-refractivity contribution in [1.82, 2.24) is 9.55 Å². The number of halogens is 2. The normalized spacial score (nSPS) is 11.3. The molecule has 1 aromatic heterocycles. The third-order valence-corrected chi connectivity index (χ3v) is 4.80. The second-order valence-electron chi connectivity index (χ2n) is 5.94. The van der Waals surface area contributed by atoms with Crippen molar-refractivity contribution >= 4 is 46.3 Å². The van der Waals surface area contributed by atoms with Gasteiger partial charge in [-0.05, 0) is 35.9 Å². The van der Waals surface area contributed by atoms with Crippen LogP contribution in [-0.2, 0) is 0 Å². The lowest BCUT2D eigenvalue weighted by molar-refractivity contribution is 0.944. The van der Waals surface area contributed by atoms with E-state index in [-0.39, 0.29) is 5.56 Å². The van der Waals surface area contributed by atoms with Crippen LogP contribution in [0, 0.1) is 0 Å². The van der Waals surface area contributed by atoms with Crippen molar-refractivity contribution in [2.24, 2.45) is 0 Å². The van der Waals surface area contributed by atoms with Crippen molar-refractivity contribution in [2.45, 2.75) is 0 Å². The molecular weight excluding hydrogens is 379 g/mol. The van der Waals surface area contributed by atoms with Gasteiger partial charge in [0.1, 0.15) is 5.82 Å². The van der Waals surface area contributed by atoms with E-state index < -0.39 is 0 Å². The zero-order chi connectivity index (χ0) is 18.8. The van der Waals surface area contributed by atoms with Crippen LogP contribution in [0.3, 0.4) is 0 Å². The van der Waals surface area contributed by atoms with E-state index >= 15 is 0 Å². The molecule has 3 nitrogen and oxygen atoms in total. The lowest BCUT2D eigenvalue weighted by atomic mass is 10.2. The van der Waals surface area contributed by atoms with Gasteiger partial charge < -0.3 is 0 Å². The van der Waals surface area contributed by atoms with Crippen LogP contribution in [0.25, 0.3) is 28.7 Å². The van der Waals surface area contributed by atoms with Gasteiger partial charge in [-0.15, -0.1) is 0 Å². The average molecular weight is 393 g/mol. The van der Waals surface area contributed by atoms with Crippen molar-refractivity contribution in [3.63, 3.8) is 0 Å². The van der Waals surface area contributed by atoms with Crippen molar-refractivity contribution < 1.29 is 0 Å². The third-order valence-electron chi connectivity index (χ3n) is 4.19. The Balaban J connectivity index is 2.02. The molecular formula is C22H14Cl2N2O. The summed E-state index contributed by atoms with van der Waals surface area (Å²) in [4.78, 5) is 17.9. The topological polar surface area (TPSA) is 34.9 Å². The molecule has 0 amide bonds. The van der Waals surface area contributed by atoms with Gasteiger partial charge >= 0.3 is 0 Å². The van der Waals surface area contributed by atoms with Crippen LogP contribution in [0.2, 0.25) is 10.0 Å². The molecule has 0 aliphatic rings. The second-order valence-corrected chi connectivity index (χ2v) is 6.76. The molecule has 0 spiro atoms. The Bertz CT molecular complexity index is 1190. The summed E-state index contributed by atoms with van der Waals surface area (Å²) < 4.78 is 1.46. The first kappa shape index (κ1) is 17.5. The van der Waals surface area contributed by atoms with Crippen LogP contribution in [0.5, 0.6) is 0 Å². The number of nitrogens with zero attached hydrogens (tertiary/aromatic N) is 2. The third kappa shape index (κ3) is 3.39. The lowest BCUT2D eigenvalue weighted by Gasteiger charge is -2.14. The highest BCUT2D eigenvalue weighted by molar-refractivity contribution is 6.37. The molecule has 0 radical (unpaired) electrons. The molecule has 0 saturated heterocycles. The molecule has 0 saturated carbocycles. The smallest absolute Gasteiger partial charge is 0.266 e. The highest BCUT2D eigenvalue weighted by atomic mass is 35.5. The first-order valence-electron chi connectivity index (χ1n) is 8.34. The molecule has 0 fully saturated rings. The standard InChI is InChI=1S/C22H14Cl2N2O/c23-17-10-6-11-18(24)21(17)26-20(14-13-15-7-2-1-3-8-15)25-19-12-5-4-9-16(19)22(26)27/h1-14H/b14-13+. The Morgan fingerprint density at radius 2 is 1.44 bits per heavy atom. The predicted octanol–water partition coefficient (Wildman–Crippen LogP) is 5.86. The molecule has 1 heterocycles. The van der Waals surface area contributed by atoms with E-state index in [4.69, 9.17) is 23.2 Å². The average Bonchev–Trinajstić information content (AvgIpc) is 2.69. The molecule has 5 heteroatoms. The maximum atomic E-state index is 13.2. The number of hydrogen-bond donors (Lipinski definition) is 0. The first-order valence-corrected chi connectivity index (χ1v) is 9.10. The molecule has 0 unspecified atom stereocenters. The van der Waals surface area contributed by atoms with Crippen molar-refractivity contribution in [1.29, 1.82) is 0 Å². The zero-order valence-corrected chi connectivity index (χ0v) is 15.7. The second kappa shape index (κ2) is 7.39. The lowest BCUT2D eigenvalue weighted by Crippen LogP contribution is -2.23. The van der Waals surface area contributed by atoms with E-state index in [1.54, 1.807) is 30.3 Å². The molecule has 4 rings (SSSR count). The van der Waals surface area contributed by atoms with E-state index in [0.717, 1.165) is 5.56 Å². The molecule has 3 aromatic carbocycles. The van der Waals surface area contributed by atoms with Gasteiger partial charge in [0.2, 0.25) is 0 Å². The van der Waals surface area contributed by atoms with Crippen LogP contribution in [0.15, 0.2) is 77.6 Å². The summed E-state index contributed by atoms with van der Waals surface area (Å²) in [6, 6.07) is 22.2. The summed E-state index contributed by atoms with van der Waals surface area (Å²) >= 11 is 12.8. The number of rotatable bonds is 3. The van der Waals surface area contributed by atoms with Crippen molar-refractivity contribution in [3.05, 3.63) is 105 Å². The van der Waals surface area contributed by atoms with Crippen LogP contribution >= 0.6 is 23.2 Å². The van der Waals surface area contributed by atoms with Crippen LogP contribution < -0.4 is 5.56 Å². The van der Waals surface area contributed by atoms with Gasteiger partial charge in [-0.3, -0.25) is 9.36 Å². The van der Waals surface area contributed by atoms with E-state index in [2.05, 4.69) is 4.98 Å². The summed E-state index contributed by atoms with van der Waals surface area (Å²) in [7, 11) is 0. The minimum Gasteiger partial charge on any atom is -0.268 e. The highest BCUT2D eigenvalue weighted by Gasteiger charge is 2.16. The maximum absolute atomic E-state index is 13.2. The highest BCUT2D eigenvalue weighted by Crippen LogP contribution is 2.29. The minimum atomic E-state index is -0.219. The van der Waals surface area contributed by atoms with Crippen LogP contribution in [0.4, 0.5) is 0 Å². The quantitative estimate of drug-likeness (QED) is 0.437. The number of hydrogen-bond acceptors (Lipinski definition) is 2. The van der Waals surface area contributed by atoms with Crippen LogP contribution in [0.1, 0.15) is 11.4 Å². The predicted molar refractivity (Wildman–Crippen MR) is 113 cm³/mol. The van der Waals surface area contributed by atoms with E-state index in [1.165, 1.54) is 4.57 Å². The van der Waals surface area contributed by atoms with Gasteiger partial charge in [0, 0.05) is 0 Å². The molecule has 4 aromatic rings. The molecule has 0 N–H and O–H groups in total. The maximum Gasteiger partial charge on any atom is 0.266 e. The molecule has 27 heavy (non-hydrogen) atoms. The van der Waals surface area contributed by atoms with Crippen LogP contribution in [-0.4, -0.2) is 9.55 Å². The number of aromatic nitrogens is 2. The molecule has 0 bridgehead atoms. The summed E-state index contributed by atoms with van der Waals surface area (Å²) in [5.74, 6) is 0.456. The van der Waals surface area contributed by atoms with Crippen molar-refractivity contribution in [2.75, 3.05) is 0 Å². The van der Waals surface area contributed by atoms with E-state index in [1.807, 2.05) is 54.6 Å². The first-order chi connectivity index (χ1) is 13.1. The Labute approximate surface area is 166 Å². The number of para-hydroxylation sites is 2. The van der Waals surface area contributed by atoms with Crippen molar-refractivity contribution in [3.8, 4) is 5.69 Å². The SMILES string of the molecule is O=c1c2ccccc2nc(/C=C/c2ccccc2)n1-c1c(Cl)cccc1Cl. The fourth-order valence-electron chi connectivity index (χ4n) is 2.92. The zero-order valence-electron chi connectivity index (χ0n) is 14.1. The van der Waals surface area contributed by atoms with Gasteiger partial charge in [0.15, 0.2) is 0 Å². The fourth-order valence-corrected chi connectivity index (χ4v) is 3.48. The summed E-state index contributed by atoms with van der Waals surface area (Å²) in [5.41, 5.74) is 1.83. The minimum absolute atomic E-state index is 0.219. The van der Waals surface area contributed by atoms with Gasteiger partial charge in [-0.2, -0.15) is 0 Å². The summed E-state index contributed by atoms with van der Waals surface area (Å²) in [6.07, 6.45) is 3.70. The summed E-state index contributed by atoms with van der Waals surface area (Å²) in [5, 5.41) is 1.28. The fraction of sp³-hybridized carbons (Fsp3) is 0. The largest absolute Gasteiger partial charge is 0.268 e. The molecule has 0 atom stereocenters. The Morgan fingerprint density at radius 1 is 0.778 bits per heavy atom. The Kier molecular flexibility index (Phi) is 4.80. The van der Waals surface area contributed by atoms with Gasteiger partial charge in [0.25, 0.3) is 5.56 Å². The van der Waals surface area contributed by atoms with Gasteiger partial charge in [0.05, 0.1) is 26.6 Å². The number of benzene rings is 3. The van der Waals surface area contributed by atoms with E-state index in [0.29, 0.717) is 32.5 Å². The Morgan fingerprint density at radius 3 is 2.19 bits per heavy atom.